The number of anilines is 1. The lowest BCUT2D eigenvalue weighted by molar-refractivity contribution is 0.0600. The van der Waals surface area contributed by atoms with Crippen molar-refractivity contribution in [2.75, 3.05) is 38.8 Å². The van der Waals surface area contributed by atoms with Crippen molar-refractivity contribution in [2.24, 2.45) is 0 Å². The normalized spacial score (nSPS) is 17.8. The van der Waals surface area contributed by atoms with E-state index in [9.17, 15) is 17.6 Å². The second kappa shape index (κ2) is 8.38. The molecular weight excluding hydrogens is 399 g/mol. The zero-order valence-corrected chi connectivity index (χ0v) is 17.3. The number of nitrogens with zero attached hydrogens (tertiary/aromatic N) is 2. The maximum atomic E-state index is 14.3. The number of sulfonamides is 1. The van der Waals surface area contributed by atoms with E-state index in [4.69, 9.17) is 4.74 Å². The molecule has 0 amide bonds. The number of methoxy groups -OCH3 is 2. The van der Waals surface area contributed by atoms with Gasteiger partial charge in [0.25, 0.3) is 0 Å². The molecule has 1 atom stereocenters. The maximum Gasteiger partial charge on any atom is 0.337 e. The molecule has 0 aliphatic carbocycles. The lowest BCUT2D eigenvalue weighted by atomic mass is 10.1. The molecule has 2 aromatic rings. The molecule has 1 fully saturated rings. The Balaban J connectivity index is 1.84. The van der Waals surface area contributed by atoms with Gasteiger partial charge in [0, 0.05) is 37.4 Å². The van der Waals surface area contributed by atoms with Crippen molar-refractivity contribution < 1.29 is 27.1 Å². The predicted molar refractivity (Wildman–Crippen MR) is 106 cm³/mol. The summed E-state index contributed by atoms with van der Waals surface area (Å²) in [5.74, 6) is -0.912. The Morgan fingerprint density at radius 1 is 1.14 bits per heavy atom. The number of benzene rings is 2. The summed E-state index contributed by atoms with van der Waals surface area (Å²) in [7, 11) is -1.34. The van der Waals surface area contributed by atoms with Crippen LogP contribution in [0.3, 0.4) is 0 Å². The second-order valence-electron chi connectivity index (χ2n) is 6.74. The van der Waals surface area contributed by atoms with Crippen molar-refractivity contribution in [1.29, 1.82) is 0 Å². The fourth-order valence-corrected chi connectivity index (χ4v) is 5.00. The number of ether oxygens (including phenoxy) is 2. The van der Waals surface area contributed by atoms with Crippen LogP contribution >= 0.6 is 0 Å². The molecule has 1 heterocycles. The fourth-order valence-electron chi connectivity index (χ4n) is 3.40. The Hall–Kier alpha value is -2.65. The average molecular weight is 422 g/mol. The predicted octanol–water partition coefficient (Wildman–Crippen LogP) is 2.52. The smallest absolute Gasteiger partial charge is 0.337 e. The van der Waals surface area contributed by atoms with Crippen molar-refractivity contribution in [3.8, 4) is 5.75 Å². The lowest BCUT2D eigenvalue weighted by Crippen LogP contribution is -2.53. The SMILES string of the molecule is COC(=O)c1ccc(F)c(S(=O)(=O)N2CCN(c3cccc(OC)c3)[C@H](C)C2)c1. The quantitative estimate of drug-likeness (QED) is 0.690. The molecule has 1 aliphatic heterocycles. The van der Waals surface area contributed by atoms with E-state index < -0.39 is 26.7 Å². The highest BCUT2D eigenvalue weighted by Crippen LogP contribution is 2.28. The van der Waals surface area contributed by atoms with E-state index in [-0.39, 0.29) is 24.7 Å². The molecule has 0 radical (unpaired) electrons. The molecule has 156 valence electrons. The van der Waals surface area contributed by atoms with Gasteiger partial charge in [-0.05, 0) is 37.3 Å². The van der Waals surface area contributed by atoms with Crippen LogP contribution < -0.4 is 9.64 Å². The number of rotatable bonds is 5. The van der Waals surface area contributed by atoms with Crippen LogP contribution in [0.2, 0.25) is 0 Å². The maximum absolute atomic E-state index is 14.3. The summed E-state index contributed by atoms with van der Waals surface area (Å²) < 4.78 is 51.5. The molecule has 1 aliphatic rings. The fraction of sp³-hybridized carbons (Fsp3) is 0.350. The number of carbonyl (C=O) groups excluding carboxylic acids is 1. The highest BCUT2D eigenvalue weighted by atomic mass is 32.2. The molecule has 0 bridgehead atoms. The van der Waals surface area contributed by atoms with Gasteiger partial charge in [0.2, 0.25) is 10.0 Å². The third kappa shape index (κ3) is 4.20. The van der Waals surface area contributed by atoms with Gasteiger partial charge in [-0.25, -0.2) is 17.6 Å². The van der Waals surface area contributed by atoms with Gasteiger partial charge < -0.3 is 14.4 Å². The van der Waals surface area contributed by atoms with E-state index in [2.05, 4.69) is 9.64 Å². The van der Waals surface area contributed by atoms with Gasteiger partial charge >= 0.3 is 5.97 Å². The number of esters is 1. The van der Waals surface area contributed by atoms with Gasteiger partial charge in [-0.1, -0.05) is 6.07 Å². The highest BCUT2D eigenvalue weighted by Gasteiger charge is 2.34. The van der Waals surface area contributed by atoms with Crippen LogP contribution in [0, 0.1) is 5.82 Å². The van der Waals surface area contributed by atoms with Gasteiger partial charge in [0.05, 0.1) is 19.8 Å². The molecular formula is C20H23FN2O5S. The minimum Gasteiger partial charge on any atom is -0.497 e. The first kappa shape index (κ1) is 21.1. The standard InChI is InChI=1S/C20H23FN2O5S/c1-14-13-22(9-10-23(14)16-5-4-6-17(12-16)27-2)29(25,26)19-11-15(20(24)28-3)7-8-18(19)21/h4-8,11-12,14H,9-10,13H2,1-3H3/t14-/m1/s1. The summed E-state index contributed by atoms with van der Waals surface area (Å²) in [5.41, 5.74) is 0.906. The monoisotopic (exact) mass is 422 g/mol. The van der Waals surface area contributed by atoms with Crippen LogP contribution in [-0.2, 0) is 14.8 Å². The van der Waals surface area contributed by atoms with E-state index in [0.717, 1.165) is 17.8 Å². The first-order valence-electron chi connectivity index (χ1n) is 9.06. The van der Waals surface area contributed by atoms with Crippen LogP contribution in [0.15, 0.2) is 47.4 Å². The van der Waals surface area contributed by atoms with E-state index in [1.165, 1.54) is 17.5 Å². The first-order valence-corrected chi connectivity index (χ1v) is 10.5. The van der Waals surface area contributed by atoms with Crippen molar-refractivity contribution in [1.82, 2.24) is 4.31 Å². The third-order valence-electron chi connectivity index (χ3n) is 4.95. The Labute approximate surface area is 169 Å². The molecule has 1 saturated heterocycles. The summed E-state index contributed by atoms with van der Waals surface area (Å²) in [5, 5.41) is 0. The van der Waals surface area contributed by atoms with Crippen molar-refractivity contribution >= 4 is 21.7 Å². The van der Waals surface area contributed by atoms with Gasteiger partial charge in [-0.3, -0.25) is 0 Å². The van der Waals surface area contributed by atoms with E-state index >= 15 is 0 Å². The lowest BCUT2D eigenvalue weighted by Gasteiger charge is -2.40. The first-order chi connectivity index (χ1) is 13.8. The minimum absolute atomic E-state index is 0.0180. The number of piperazine rings is 1. The van der Waals surface area contributed by atoms with Crippen LogP contribution in [0.4, 0.5) is 10.1 Å². The Morgan fingerprint density at radius 2 is 1.90 bits per heavy atom. The number of hydrogen-bond donors (Lipinski definition) is 0. The molecule has 0 aromatic heterocycles. The largest absolute Gasteiger partial charge is 0.497 e. The van der Waals surface area contributed by atoms with Crippen LogP contribution in [0.1, 0.15) is 17.3 Å². The van der Waals surface area contributed by atoms with E-state index in [0.29, 0.717) is 12.3 Å². The van der Waals surface area contributed by atoms with Crippen LogP contribution in [-0.4, -0.2) is 58.6 Å². The number of carbonyl (C=O) groups is 1. The Bertz CT molecular complexity index is 1010. The number of hydrogen-bond acceptors (Lipinski definition) is 6. The second-order valence-corrected chi connectivity index (χ2v) is 8.65. The van der Waals surface area contributed by atoms with Crippen LogP contribution in [0.5, 0.6) is 5.75 Å². The topological polar surface area (TPSA) is 76.2 Å². The van der Waals surface area contributed by atoms with Gasteiger partial charge in [-0.15, -0.1) is 0 Å². The summed E-state index contributed by atoms with van der Waals surface area (Å²) in [4.78, 5) is 13.3. The van der Waals surface area contributed by atoms with Crippen LogP contribution in [0.25, 0.3) is 0 Å². The third-order valence-corrected chi connectivity index (χ3v) is 6.83. The summed E-state index contributed by atoms with van der Waals surface area (Å²) >= 11 is 0. The van der Waals surface area contributed by atoms with Gasteiger partial charge in [-0.2, -0.15) is 4.31 Å². The zero-order chi connectivity index (χ0) is 21.2. The Kier molecular flexibility index (Phi) is 6.09. The van der Waals surface area contributed by atoms with Crippen molar-refractivity contribution in [2.45, 2.75) is 17.9 Å². The molecule has 29 heavy (non-hydrogen) atoms. The summed E-state index contributed by atoms with van der Waals surface area (Å²) in [6, 6.07) is 10.6. The molecule has 0 N–H and O–H groups in total. The summed E-state index contributed by atoms with van der Waals surface area (Å²) in [6.45, 7) is 2.71. The Morgan fingerprint density at radius 3 is 2.55 bits per heavy atom. The van der Waals surface area contributed by atoms with Gasteiger partial charge in [0.1, 0.15) is 16.5 Å². The molecule has 0 spiro atoms. The average Bonchev–Trinajstić information content (AvgIpc) is 2.73. The van der Waals surface area contributed by atoms with Crippen molar-refractivity contribution in [3.05, 3.63) is 53.8 Å². The molecule has 7 nitrogen and oxygen atoms in total. The summed E-state index contributed by atoms with van der Waals surface area (Å²) in [6.07, 6.45) is 0. The van der Waals surface area contributed by atoms with Gasteiger partial charge in [0.15, 0.2) is 0 Å². The minimum atomic E-state index is -4.11. The molecule has 0 saturated carbocycles. The van der Waals surface area contributed by atoms with Crippen molar-refractivity contribution in [3.63, 3.8) is 0 Å². The molecule has 3 rings (SSSR count). The molecule has 2 aromatic carbocycles. The molecule has 0 unspecified atom stereocenters. The zero-order valence-electron chi connectivity index (χ0n) is 16.5. The van der Waals surface area contributed by atoms with E-state index in [1.54, 1.807) is 7.11 Å². The van der Waals surface area contributed by atoms with E-state index in [1.807, 2.05) is 31.2 Å². The number of halogens is 1. The molecule has 9 heteroatoms. The highest BCUT2D eigenvalue weighted by molar-refractivity contribution is 7.89.